The Morgan fingerprint density at radius 3 is 2.27 bits per heavy atom. The normalized spacial score (nSPS) is 11.4. The summed E-state index contributed by atoms with van der Waals surface area (Å²) in [6, 6.07) is 20.0. The fraction of sp³-hybridized carbons (Fsp3) is 0.0476. The molecule has 0 saturated carbocycles. The number of halogens is 2. The van der Waals surface area contributed by atoms with Gasteiger partial charge in [0.05, 0.1) is 16.8 Å². The van der Waals surface area contributed by atoms with Crippen LogP contribution in [-0.2, 0) is 14.8 Å². The second-order valence-corrected chi connectivity index (χ2v) is 8.92. The number of hydrogen-bond acceptors (Lipinski definition) is 4. The van der Waals surface area contributed by atoms with Gasteiger partial charge in [-0.15, -0.1) is 0 Å². The zero-order valence-electron chi connectivity index (χ0n) is 15.6. The zero-order valence-corrected chi connectivity index (χ0v) is 18.0. The highest BCUT2D eigenvalue weighted by atomic mass is 79.9. The van der Waals surface area contributed by atoms with Crippen LogP contribution in [0.2, 0.25) is 0 Å². The van der Waals surface area contributed by atoms with Crippen molar-refractivity contribution in [2.24, 2.45) is 5.10 Å². The Morgan fingerprint density at radius 2 is 1.63 bits per heavy atom. The molecule has 0 radical (unpaired) electrons. The van der Waals surface area contributed by atoms with Gasteiger partial charge in [-0.1, -0.05) is 46.3 Å². The van der Waals surface area contributed by atoms with Crippen molar-refractivity contribution in [3.05, 3.63) is 94.7 Å². The number of sulfonamides is 1. The van der Waals surface area contributed by atoms with E-state index in [4.69, 9.17) is 0 Å². The number of nitrogens with zero attached hydrogens (tertiary/aromatic N) is 2. The highest BCUT2D eigenvalue weighted by Crippen LogP contribution is 2.25. The minimum absolute atomic E-state index is 0.0653. The molecule has 154 valence electrons. The highest BCUT2D eigenvalue weighted by molar-refractivity contribution is 9.10. The van der Waals surface area contributed by atoms with Gasteiger partial charge in [0, 0.05) is 4.47 Å². The minimum atomic E-state index is -3.98. The van der Waals surface area contributed by atoms with Crippen molar-refractivity contribution >= 4 is 43.8 Å². The predicted octanol–water partition coefficient (Wildman–Crippen LogP) is 3.93. The van der Waals surface area contributed by atoms with Gasteiger partial charge in [0.2, 0.25) is 0 Å². The highest BCUT2D eigenvalue weighted by Gasteiger charge is 2.27. The number of carbonyl (C=O) groups excluding carboxylic acids is 1. The Balaban J connectivity index is 1.81. The van der Waals surface area contributed by atoms with Gasteiger partial charge in [-0.2, -0.15) is 5.10 Å². The summed E-state index contributed by atoms with van der Waals surface area (Å²) in [4.78, 5) is 12.5. The Labute approximate surface area is 182 Å². The van der Waals surface area contributed by atoms with E-state index in [1.165, 1.54) is 42.6 Å². The molecule has 0 aliphatic heterocycles. The third-order valence-corrected chi connectivity index (χ3v) is 6.32. The molecule has 3 aromatic carbocycles. The number of hydrogen-bond donors (Lipinski definition) is 1. The summed E-state index contributed by atoms with van der Waals surface area (Å²) in [5.41, 5.74) is 3.22. The van der Waals surface area contributed by atoms with E-state index < -0.39 is 22.5 Å². The first kappa shape index (κ1) is 21.7. The number of benzene rings is 3. The van der Waals surface area contributed by atoms with Crippen LogP contribution >= 0.6 is 15.9 Å². The van der Waals surface area contributed by atoms with E-state index in [0.717, 1.165) is 8.78 Å². The number of carbonyl (C=O) groups is 1. The standard InChI is InChI=1S/C21H17BrFN3O3S/c22-17-8-12-19(13-9-17)26(30(28,29)20-4-2-1-3-5-20)15-21(27)25-24-14-16-6-10-18(23)11-7-16/h1-14H,15H2,(H,25,27)/b24-14+. The quantitative estimate of drug-likeness (QED) is 0.403. The van der Waals surface area contributed by atoms with E-state index in [9.17, 15) is 17.6 Å². The molecule has 0 aliphatic rings. The van der Waals surface area contributed by atoms with Crippen LogP contribution in [0.25, 0.3) is 0 Å². The number of hydrazone groups is 1. The fourth-order valence-corrected chi connectivity index (χ4v) is 4.24. The van der Waals surface area contributed by atoms with E-state index in [-0.39, 0.29) is 10.7 Å². The average molecular weight is 490 g/mol. The summed E-state index contributed by atoms with van der Waals surface area (Å²) in [6.45, 7) is -0.473. The molecule has 0 saturated heterocycles. The molecule has 0 atom stereocenters. The lowest BCUT2D eigenvalue weighted by atomic mass is 10.2. The number of amides is 1. The number of nitrogens with one attached hydrogen (secondary N) is 1. The van der Waals surface area contributed by atoms with Gasteiger partial charge in [-0.25, -0.2) is 18.2 Å². The summed E-state index contributed by atoms with van der Waals surface area (Å²) in [5, 5.41) is 3.81. The van der Waals surface area contributed by atoms with E-state index in [2.05, 4.69) is 26.5 Å². The summed E-state index contributed by atoms with van der Waals surface area (Å²) in [7, 11) is -3.98. The Kier molecular flexibility index (Phi) is 6.96. The minimum Gasteiger partial charge on any atom is -0.271 e. The van der Waals surface area contributed by atoms with Gasteiger partial charge in [0.1, 0.15) is 12.4 Å². The van der Waals surface area contributed by atoms with Gasteiger partial charge in [0.15, 0.2) is 0 Å². The van der Waals surface area contributed by atoms with Gasteiger partial charge < -0.3 is 0 Å². The first-order chi connectivity index (χ1) is 14.4. The molecule has 0 aromatic heterocycles. The Hall–Kier alpha value is -3.04. The molecule has 6 nitrogen and oxygen atoms in total. The Morgan fingerprint density at radius 1 is 1.00 bits per heavy atom. The summed E-state index contributed by atoms with van der Waals surface area (Å²) in [5.74, 6) is -1.01. The lowest BCUT2D eigenvalue weighted by Gasteiger charge is -2.23. The van der Waals surface area contributed by atoms with Gasteiger partial charge in [0.25, 0.3) is 15.9 Å². The molecular weight excluding hydrogens is 473 g/mol. The molecule has 3 rings (SSSR count). The van der Waals surface area contributed by atoms with Crippen molar-refractivity contribution in [3.63, 3.8) is 0 Å². The Bertz CT molecular complexity index is 1140. The van der Waals surface area contributed by atoms with Gasteiger partial charge >= 0.3 is 0 Å². The van der Waals surface area contributed by atoms with Crippen molar-refractivity contribution in [2.45, 2.75) is 4.90 Å². The summed E-state index contributed by atoms with van der Waals surface area (Å²) in [6.07, 6.45) is 1.34. The second kappa shape index (κ2) is 9.64. The molecule has 0 bridgehead atoms. The number of anilines is 1. The monoisotopic (exact) mass is 489 g/mol. The van der Waals surface area contributed by atoms with Crippen molar-refractivity contribution in [1.82, 2.24) is 5.43 Å². The lowest BCUT2D eigenvalue weighted by molar-refractivity contribution is -0.119. The van der Waals surface area contributed by atoms with Crippen LogP contribution < -0.4 is 9.73 Å². The van der Waals surface area contributed by atoms with Gasteiger partial charge in [-0.3, -0.25) is 9.10 Å². The molecule has 1 N–H and O–H groups in total. The maximum absolute atomic E-state index is 13.1. The molecule has 9 heteroatoms. The first-order valence-electron chi connectivity index (χ1n) is 8.77. The van der Waals surface area contributed by atoms with Gasteiger partial charge in [-0.05, 0) is 54.1 Å². The molecule has 0 aliphatic carbocycles. The molecule has 0 spiro atoms. The smallest absolute Gasteiger partial charge is 0.264 e. The van der Waals surface area contributed by atoms with E-state index >= 15 is 0 Å². The lowest BCUT2D eigenvalue weighted by Crippen LogP contribution is -2.39. The summed E-state index contributed by atoms with van der Waals surface area (Å²) >= 11 is 3.31. The maximum atomic E-state index is 13.1. The molecule has 0 heterocycles. The maximum Gasteiger partial charge on any atom is 0.264 e. The van der Waals surface area contributed by atoms with Crippen LogP contribution in [0.5, 0.6) is 0 Å². The third kappa shape index (κ3) is 5.52. The molecule has 3 aromatic rings. The van der Waals surface area contributed by atoms with Crippen LogP contribution in [0, 0.1) is 5.82 Å². The first-order valence-corrected chi connectivity index (χ1v) is 11.0. The van der Waals surface area contributed by atoms with Crippen molar-refractivity contribution in [1.29, 1.82) is 0 Å². The van der Waals surface area contributed by atoms with E-state index in [1.54, 1.807) is 42.5 Å². The van der Waals surface area contributed by atoms with E-state index in [0.29, 0.717) is 11.3 Å². The number of rotatable bonds is 7. The van der Waals surface area contributed by atoms with Crippen LogP contribution in [0.15, 0.2) is 93.3 Å². The molecule has 1 amide bonds. The SMILES string of the molecule is O=C(CN(c1ccc(Br)cc1)S(=O)(=O)c1ccccc1)N/N=C/c1ccc(F)cc1. The van der Waals surface area contributed by atoms with Crippen molar-refractivity contribution in [3.8, 4) is 0 Å². The zero-order chi connectivity index (χ0) is 21.6. The van der Waals surface area contributed by atoms with Crippen molar-refractivity contribution in [2.75, 3.05) is 10.8 Å². The average Bonchev–Trinajstić information content (AvgIpc) is 2.75. The van der Waals surface area contributed by atoms with Crippen LogP contribution in [-0.4, -0.2) is 27.1 Å². The molecular formula is C21H17BrFN3O3S. The fourth-order valence-electron chi connectivity index (χ4n) is 2.54. The van der Waals surface area contributed by atoms with Crippen LogP contribution in [0.3, 0.4) is 0 Å². The molecule has 0 unspecified atom stereocenters. The van der Waals surface area contributed by atoms with Crippen LogP contribution in [0.1, 0.15) is 5.56 Å². The van der Waals surface area contributed by atoms with E-state index in [1.807, 2.05) is 0 Å². The predicted molar refractivity (Wildman–Crippen MR) is 117 cm³/mol. The largest absolute Gasteiger partial charge is 0.271 e. The topological polar surface area (TPSA) is 78.8 Å². The van der Waals surface area contributed by atoms with Crippen LogP contribution in [0.4, 0.5) is 10.1 Å². The molecule has 30 heavy (non-hydrogen) atoms. The summed E-state index contributed by atoms with van der Waals surface area (Å²) < 4.78 is 41.0. The molecule has 0 fully saturated rings. The third-order valence-electron chi connectivity index (χ3n) is 4.01. The second-order valence-electron chi connectivity index (χ2n) is 6.15. The van der Waals surface area contributed by atoms with Crippen molar-refractivity contribution < 1.29 is 17.6 Å².